The average molecular weight is 480 g/mol. The molecule has 0 bridgehead atoms. The van der Waals surface area contributed by atoms with Crippen LogP contribution in [0.4, 0.5) is 15.2 Å². The Hall–Kier alpha value is -3.99. The molecule has 34 heavy (non-hydrogen) atoms. The van der Waals surface area contributed by atoms with E-state index in [0.29, 0.717) is 22.9 Å². The molecule has 1 aliphatic heterocycles. The second-order valence-electron chi connectivity index (χ2n) is 8.32. The van der Waals surface area contributed by atoms with Gasteiger partial charge in [-0.1, -0.05) is 37.3 Å². The summed E-state index contributed by atoms with van der Waals surface area (Å²) in [4.78, 5) is 39.1. The molecule has 1 atom stereocenters. The van der Waals surface area contributed by atoms with Gasteiger partial charge in [0.2, 0.25) is 10.9 Å². The minimum atomic E-state index is -1.05. The molecule has 1 unspecified atom stereocenters. The van der Waals surface area contributed by atoms with Gasteiger partial charge in [-0.2, -0.15) is 0 Å². The summed E-state index contributed by atoms with van der Waals surface area (Å²) in [6.45, 7) is 4.05. The first-order valence-corrected chi connectivity index (χ1v) is 11.2. The molecule has 172 valence electrons. The molecule has 5 rings (SSSR count). The van der Waals surface area contributed by atoms with E-state index in [-0.39, 0.29) is 33.1 Å². The van der Waals surface area contributed by atoms with Crippen LogP contribution in [0.3, 0.4) is 0 Å². The van der Waals surface area contributed by atoms with E-state index >= 15 is 0 Å². The third kappa shape index (κ3) is 3.54. The minimum absolute atomic E-state index is 0.0239. The van der Waals surface area contributed by atoms with Gasteiger partial charge in [-0.3, -0.25) is 24.6 Å². The fraction of sp³-hybridized carbons (Fsp3) is 0.217. The molecule has 3 heterocycles. The third-order valence-corrected chi connectivity index (χ3v) is 6.42. The second kappa shape index (κ2) is 8.10. The maximum Gasteiger partial charge on any atom is 0.297 e. The zero-order chi connectivity index (χ0) is 24.1. The lowest BCUT2D eigenvalue weighted by atomic mass is 9.98. The Balaban J connectivity index is 1.76. The highest BCUT2D eigenvalue weighted by molar-refractivity contribution is 7.15. The maximum atomic E-state index is 13.9. The molecule has 0 saturated heterocycles. The standard InChI is InChI=1S/C23H17FN4O5S/c1-11(2)8-17-25-26-23(34-17)27-19(12-4-3-5-14(9-12)28(31)32)18-20(29)15-10-13(24)6-7-16(15)33-21(18)22(27)30/h3-7,9-11,19H,8H2,1-2H3. The van der Waals surface area contributed by atoms with Gasteiger partial charge < -0.3 is 4.42 Å². The van der Waals surface area contributed by atoms with Crippen LogP contribution in [0.1, 0.15) is 46.6 Å². The molecule has 1 amide bonds. The summed E-state index contributed by atoms with van der Waals surface area (Å²) in [5, 5.41) is 20.6. The van der Waals surface area contributed by atoms with Gasteiger partial charge in [0, 0.05) is 18.6 Å². The van der Waals surface area contributed by atoms with Crippen molar-refractivity contribution in [1.29, 1.82) is 0 Å². The number of hydrogen-bond acceptors (Lipinski definition) is 8. The smallest absolute Gasteiger partial charge is 0.297 e. The predicted molar refractivity (Wildman–Crippen MR) is 123 cm³/mol. The Morgan fingerprint density at radius 3 is 2.74 bits per heavy atom. The number of carbonyl (C=O) groups is 1. The lowest BCUT2D eigenvalue weighted by Crippen LogP contribution is -2.29. The molecule has 1 aliphatic rings. The van der Waals surface area contributed by atoms with Crippen LogP contribution >= 0.6 is 11.3 Å². The zero-order valence-electron chi connectivity index (χ0n) is 18.0. The number of halogens is 1. The molecule has 0 aliphatic carbocycles. The van der Waals surface area contributed by atoms with Crippen molar-refractivity contribution in [3.05, 3.63) is 90.5 Å². The van der Waals surface area contributed by atoms with Gasteiger partial charge in [-0.15, -0.1) is 10.2 Å². The number of nitro benzene ring substituents is 1. The summed E-state index contributed by atoms with van der Waals surface area (Å²) >= 11 is 1.20. The van der Waals surface area contributed by atoms with Crippen LogP contribution in [0, 0.1) is 21.8 Å². The Labute approximate surface area is 195 Å². The molecular weight excluding hydrogens is 463 g/mol. The van der Waals surface area contributed by atoms with E-state index in [4.69, 9.17) is 4.42 Å². The third-order valence-electron chi connectivity index (χ3n) is 5.47. The Morgan fingerprint density at radius 1 is 1.21 bits per heavy atom. The normalized spacial score (nSPS) is 15.4. The van der Waals surface area contributed by atoms with Crippen molar-refractivity contribution < 1.29 is 18.5 Å². The van der Waals surface area contributed by atoms with Crippen LogP contribution in [-0.2, 0) is 6.42 Å². The highest BCUT2D eigenvalue weighted by Gasteiger charge is 2.45. The lowest BCUT2D eigenvalue weighted by molar-refractivity contribution is -0.384. The summed E-state index contributed by atoms with van der Waals surface area (Å²) in [6.07, 6.45) is 0.647. The van der Waals surface area contributed by atoms with Crippen LogP contribution < -0.4 is 10.3 Å². The van der Waals surface area contributed by atoms with Crippen LogP contribution in [0.2, 0.25) is 0 Å². The van der Waals surface area contributed by atoms with Crippen molar-refractivity contribution in [2.45, 2.75) is 26.3 Å². The van der Waals surface area contributed by atoms with Crippen LogP contribution in [0.15, 0.2) is 51.7 Å². The van der Waals surface area contributed by atoms with Crippen molar-refractivity contribution in [3.8, 4) is 0 Å². The summed E-state index contributed by atoms with van der Waals surface area (Å²) in [6, 6.07) is 8.09. The van der Waals surface area contributed by atoms with E-state index in [2.05, 4.69) is 10.2 Å². The average Bonchev–Trinajstić information content (AvgIpc) is 3.36. The number of anilines is 1. The number of rotatable bonds is 5. The van der Waals surface area contributed by atoms with E-state index in [1.54, 1.807) is 6.07 Å². The van der Waals surface area contributed by atoms with Gasteiger partial charge in [-0.25, -0.2) is 4.39 Å². The summed E-state index contributed by atoms with van der Waals surface area (Å²) in [5.74, 6) is -1.15. The van der Waals surface area contributed by atoms with Gasteiger partial charge in [0.25, 0.3) is 11.6 Å². The Morgan fingerprint density at radius 2 is 2.00 bits per heavy atom. The van der Waals surface area contributed by atoms with E-state index < -0.39 is 28.1 Å². The highest BCUT2D eigenvalue weighted by atomic mass is 32.1. The van der Waals surface area contributed by atoms with Crippen molar-refractivity contribution in [1.82, 2.24) is 10.2 Å². The zero-order valence-corrected chi connectivity index (χ0v) is 18.8. The van der Waals surface area contributed by atoms with Gasteiger partial charge in [0.05, 0.1) is 21.9 Å². The molecule has 2 aromatic carbocycles. The molecule has 4 aromatic rings. The number of non-ortho nitro benzene ring substituents is 1. The number of nitro groups is 1. The summed E-state index contributed by atoms with van der Waals surface area (Å²) in [5.41, 5.74) is -0.424. The summed E-state index contributed by atoms with van der Waals surface area (Å²) in [7, 11) is 0. The number of benzene rings is 2. The maximum absolute atomic E-state index is 13.9. The van der Waals surface area contributed by atoms with Crippen molar-refractivity contribution in [2.75, 3.05) is 4.90 Å². The SMILES string of the molecule is CC(C)Cc1nnc(N2C(=O)c3oc4ccc(F)cc4c(=O)c3C2c2cccc([N+](=O)[O-])c2)s1. The first-order chi connectivity index (χ1) is 16.2. The number of nitrogens with zero attached hydrogens (tertiary/aromatic N) is 4. The molecule has 0 radical (unpaired) electrons. The summed E-state index contributed by atoms with van der Waals surface area (Å²) < 4.78 is 19.7. The number of hydrogen-bond donors (Lipinski definition) is 0. The first kappa shape index (κ1) is 21.8. The lowest BCUT2D eigenvalue weighted by Gasteiger charge is -2.21. The molecule has 0 fully saturated rings. The van der Waals surface area contributed by atoms with Gasteiger partial charge in [-0.05, 0) is 29.7 Å². The molecule has 0 N–H and O–H groups in total. The topological polar surface area (TPSA) is 119 Å². The number of amides is 1. The van der Waals surface area contributed by atoms with E-state index in [1.807, 2.05) is 13.8 Å². The number of aromatic nitrogens is 2. The molecule has 9 nitrogen and oxygen atoms in total. The van der Waals surface area contributed by atoms with Crippen LogP contribution in [-0.4, -0.2) is 21.0 Å². The Kier molecular flexibility index (Phi) is 5.20. The van der Waals surface area contributed by atoms with Gasteiger partial charge in [0.1, 0.15) is 16.4 Å². The number of fused-ring (bicyclic) bond motifs is 2. The second-order valence-corrected chi connectivity index (χ2v) is 9.36. The number of carbonyl (C=O) groups excluding carboxylic acids is 1. The quantitative estimate of drug-likeness (QED) is 0.301. The molecule has 11 heteroatoms. The van der Waals surface area contributed by atoms with E-state index in [0.717, 1.165) is 12.1 Å². The van der Waals surface area contributed by atoms with Crippen molar-refractivity contribution in [2.24, 2.45) is 5.92 Å². The highest BCUT2D eigenvalue weighted by Crippen LogP contribution is 2.42. The van der Waals surface area contributed by atoms with Crippen molar-refractivity contribution >= 4 is 39.0 Å². The monoisotopic (exact) mass is 480 g/mol. The van der Waals surface area contributed by atoms with Crippen molar-refractivity contribution in [3.63, 3.8) is 0 Å². The fourth-order valence-corrected chi connectivity index (χ4v) is 5.12. The fourth-order valence-electron chi connectivity index (χ4n) is 4.04. The minimum Gasteiger partial charge on any atom is -0.450 e. The van der Waals surface area contributed by atoms with E-state index in [9.17, 15) is 24.1 Å². The first-order valence-electron chi connectivity index (χ1n) is 10.4. The van der Waals surface area contributed by atoms with E-state index in [1.165, 1.54) is 40.5 Å². The largest absolute Gasteiger partial charge is 0.450 e. The molecule has 0 spiro atoms. The van der Waals surface area contributed by atoms with Gasteiger partial charge in [0.15, 0.2) is 5.43 Å². The molecule has 0 saturated carbocycles. The molecular formula is C23H17FN4O5S. The Bertz CT molecular complexity index is 1530. The molecule has 2 aromatic heterocycles. The van der Waals surface area contributed by atoms with Crippen LogP contribution in [0.25, 0.3) is 11.0 Å². The van der Waals surface area contributed by atoms with Crippen LogP contribution in [0.5, 0.6) is 0 Å². The van der Waals surface area contributed by atoms with Gasteiger partial charge >= 0.3 is 0 Å². The predicted octanol–water partition coefficient (Wildman–Crippen LogP) is 4.64.